The van der Waals surface area contributed by atoms with Gasteiger partial charge in [-0.25, -0.2) is 8.42 Å². The number of hydrogen-bond acceptors (Lipinski definition) is 7. The summed E-state index contributed by atoms with van der Waals surface area (Å²) in [6, 6.07) is 0.213. The monoisotopic (exact) mass is 275 g/mol. The molecule has 1 aliphatic rings. The normalized spacial score (nSPS) is 25.2. The fourth-order valence-corrected chi connectivity index (χ4v) is 2.62. The van der Waals surface area contributed by atoms with Crippen LogP contribution in [0.4, 0.5) is 0 Å². The lowest BCUT2D eigenvalue weighted by molar-refractivity contribution is 0.0516. The minimum Gasteiger partial charge on any atom is -0.381 e. The van der Waals surface area contributed by atoms with Crippen molar-refractivity contribution in [1.29, 1.82) is 0 Å². The van der Waals surface area contributed by atoms with Gasteiger partial charge in [0.25, 0.3) is 0 Å². The Morgan fingerprint density at radius 1 is 1.50 bits per heavy atom. The van der Waals surface area contributed by atoms with Crippen molar-refractivity contribution in [2.75, 3.05) is 26.5 Å². The molecule has 0 aliphatic carbocycles. The molecular formula is C10H17N3O4S. The third kappa shape index (κ3) is 3.27. The van der Waals surface area contributed by atoms with Crippen molar-refractivity contribution in [3.63, 3.8) is 0 Å². The SMILES string of the molecule is CNC1CCOCC1c1nc(CS(C)(=O)=O)no1. The van der Waals surface area contributed by atoms with Gasteiger partial charge in [0, 0.05) is 18.9 Å². The Balaban J connectivity index is 2.13. The van der Waals surface area contributed by atoms with E-state index in [-0.39, 0.29) is 23.5 Å². The Labute approximate surface area is 106 Å². The molecule has 0 saturated carbocycles. The van der Waals surface area contributed by atoms with Gasteiger partial charge >= 0.3 is 0 Å². The highest BCUT2D eigenvalue weighted by molar-refractivity contribution is 7.89. The first-order chi connectivity index (χ1) is 8.49. The van der Waals surface area contributed by atoms with Gasteiger partial charge in [-0.1, -0.05) is 5.16 Å². The molecule has 1 aromatic rings. The lowest BCUT2D eigenvalue weighted by Crippen LogP contribution is -2.39. The van der Waals surface area contributed by atoms with Gasteiger partial charge in [0.15, 0.2) is 15.7 Å². The molecule has 8 heteroatoms. The van der Waals surface area contributed by atoms with Gasteiger partial charge in [0.2, 0.25) is 5.89 Å². The second-order valence-corrected chi connectivity index (χ2v) is 6.62. The summed E-state index contributed by atoms with van der Waals surface area (Å²) in [7, 11) is -1.27. The standard InChI is InChI=1S/C10H17N3O4S/c1-11-8-3-4-16-5-7(8)10-12-9(13-17-10)6-18(2,14)15/h7-8,11H,3-6H2,1-2H3. The van der Waals surface area contributed by atoms with E-state index in [9.17, 15) is 8.42 Å². The fourth-order valence-electron chi connectivity index (χ4n) is 2.04. The smallest absolute Gasteiger partial charge is 0.233 e. The van der Waals surface area contributed by atoms with Crippen LogP contribution in [0.15, 0.2) is 4.52 Å². The van der Waals surface area contributed by atoms with Crippen molar-refractivity contribution in [3.8, 4) is 0 Å². The molecule has 1 N–H and O–H groups in total. The first kappa shape index (κ1) is 13.4. The number of likely N-dealkylation sites (N-methyl/N-ethyl adjacent to an activating group) is 1. The maximum absolute atomic E-state index is 11.1. The number of rotatable bonds is 4. The zero-order chi connectivity index (χ0) is 13.2. The first-order valence-electron chi connectivity index (χ1n) is 5.75. The van der Waals surface area contributed by atoms with Gasteiger partial charge < -0.3 is 14.6 Å². The number of sulfone groups is 1. The Morgan fingerprint density at radius 3 is 2.94 bits per heavy atom. The van der Waals surface area contributed by atoms with Gasteiger partial charge in [0.1, 0.15) is 5.75 Å². The molecule has 1 saturated heterocycles. The summed E-state index contributed by atoms with van der Waals surface area (Å²) in [5.41, 5.74) is 0. The van der Waals surface area contributed by atoms with E-state index in [0.717, 1.165) is 12.7 Å². The van der Waals surface area contributed by atoms with E-state index in [0.29, 0.717) is 19.1 Å². The van der Waals surface area contributed by atoms with E-state index in [1.807, 2.05) is 7.05 Å². The highest BCUT2D eigenvalue weighted by atomic mass is 32.2. The Morgan fingerprint density at radius 2 is 2.28 bits per heavy atom. The molecule has 0 radical (unpaired) electrons. The predicted molar refractivity (Wildman–Crippen MR) is 63.9 cm³/mol. The molecule has 2 atom stereocenters. The maximum Gasteiger partial charge on any atom is 0.233 e. The quantitative estimate of drug-likeness (QED) is 0.806. The van der Waals surface area contributed by atoms with Crippen molar-refractivity contribution in [1.82, 2.24) is 15.5 Å². The Hall–Kier alpha value is -0.990. The van der Waals surface area contributed by atoms with Crippen LogP contribution in [-0.4, -0.2) is 51.1 Å². The Bertz CT molecular complexity index is 499. The molecule has 0 spiro atoms. The minimum absolute atomic E-state index is 0.0236. The van der Waals surface area contributed by atoms with Crippen LogP contribution in [0.5, 0.6) is 0 Å². The molecule has 2 rings (SSSR count). The molecule has 102 valence electrons. The van der Waals surface area contributed by atoms with Gasteiger partial charge in [-0.2, -0.15) is 4.98 Å². The van der Waals surface area contributed by atoms with E-state index in [2.05, 4.69) is 15.5 Å². The molecule has 18 heavy (non-hydrogen) atoms. The molecule has 1 aromatic heterocycles. The van der Waals surface area contributed by atoms with Crippen LogP contribution in [0.2, 0.25) is 0 Å². The van der Waals surface area contributed by atoms with Crippen LogP contribution in [0.25, 0.3) is 0 Å². The van der Waals surface area contributed by atoms with E-state index in [1.165, 1.54) is 0 Å². The van der Waals surface area contributed by atoms with Crippen LogP contribution in [0, 0.1) is 0 Å². The molecule has 0 bridgehead atoms. The molecular weight excluding hydrogens is 258 g/mol. The molecule has 2 unspecified atom stereocenters. The van der Waals surface area contributed by atoms with Crippen LogP contribution < -0.4 is 5.32 Å². The van der Waals surface area contributed by atoms with Crippen LogP contribution in [0.3, 0.4) is 0 Å². The zero-order valence-corrected chi connectivity index (χ0v) is 11.2. The highest BCUT2D eigenvalue weighted by Crippen LogP contribution is 2.24. The van der Waals surface area contributed by atoms with Gasteiger partial charge in [0.05, 0.1) is 12.5 Å². The summed E-state index contributed by atoms with van der Waals surface area (Å²) < 4.78 is 32.8. The Kier molecular flexibility index (Phi) is 3.98. The van der Waals surface area contributed by atoms with Crippen LogP contribution in [-0.2, 0) is 20.3 Å². The summed E-state index contributed by atoms with van der Waals surface area (Å²) in [5.74, 6) is 0.416. The average Bonchev–Trinajstić information content (AvgIpc) is 2.75. The average molecular weight is 275 g/mol. The van der Waals surface area contributed by atoms with Gasteiger partial charge in [-0.05, 0) is 13.5 Å². The summed E-state index contributed by atoms with van der Waals surface area (Å²) in [5, 5.41) is 6.88. The minimum atomic E-state index is -3.15. The van der Waals surface area contributed by atoms with Crippen LogP contribution >= 0.6 is 0 Å². The summed E-state index contributed by atoms with van der Waals surface area (Å²) in [4.78, 5) is 4.14. The molecule has 0 aromatic carbocycles. The second-order valence-electron chi connectivity index (χ2n) is 4.48. The topological polar surface area (TPSA) is 94.3 Å². The summed E-state index contributed by atoms with van der Waals surface area (Å²) >= 11 is 0. The largest absolute Gasteiger partial charge is 0.381 e. The molecule has 0 amide bonds. The number of aromatic nitrogens is 2. The molecule has 1 fully saturated rings. The van der Waals surface area contributed by atoms with E-state index in [1.54, 1.807) is 0 Å². The second kappa shape index (κ2) is 5.33. The van der Waals surface area contributed by atoms with E-state index >= 15 is 0 Å². The van der Waals surface area contributed by atoms with Crippen molar-refractivity contribution in [3.05, 3.63) is 11.7 Å². The van der Waals surface area contributed by atoms with E-state index < -0.39 is 9.84 Å². The third-order valence-corrected chi connectivity index (χ3v) is 3.70. The van der Waals surface area contributed by atoms with Crippen molar-refractivity contribution >= 4 is 9.84 Å². The molecule has 2 heterocycles. The van der Waals surface area contributed by atoms with Crippen molar-refractivity contribution < 1.29 is 17.7 Å². The van der Waals surface area contributed by atoms with Gasteiger partial charge in [-0.15, -0.1) is 0 Å². The predicted octanol–water partition coefficient (Wildman–Crippen LogP) is -0.294. The molecule has 1 aliphatic heterocycles. The lowest BCUT2D eigenvalue weighted by Gasteiger charge is -2.28. The zero-order valence-electron chi connectivity index (χ0n) is 10.4. The highest BCUT2D eigenvalue weighted by Gasteiger charge is 2.30. The van der Waals surface area contributed by atoms with Crippen LogP contribution in [0.1, 0.15) is 24.1 Å². The summed E-state index contributed by atoms with van der Waals surface area (Å²) in [6.45, 7) is 1.21. The van der Waals surface area contributed by atoms with Gasteiger partial charge in [-0.3, -0.25) is 0 Å². The molecule has 7 nitrogen and oxygen atoms in total. The van der Waals surface area contributed by atoms with E-state index in [4.69, 9.17) is 9.26 Å². The third-order valence-electron chi connectivity index (χ3n) is 2.92. The number of hydrogen-bond donors (Lipinski definition) is 1. The van der Waals surface area contributed by atoms with Crippen molar-refractivity contribution in [2.45, 2.75) is 24.1 Å². The fraction of sp³-hybridized carbons (Fsp3) is 0.800. The first-order valence-corrected chi connectivity index (χ1v) is 7.81. The number of ether oxygens (including phenoxy) is 1. The maximum atomic E-state index is 11.1. The number of nitrogens with one attached hydrogen (secondary N) is 1. The lowest BCUT2D eigenvalue weighted by atomic mass is 9.96. The summed E-state index contributed by atoms with van der Waals surface area (Å²) in [6.07, 6.45) is 2.01. The van der Waals surface area contributed by atoms with Crippen molar-refractivity contribution in [2.24, 2.45) is 0 Å². The number of nitrogens with zero attached hydrogens (tertiary/aromatic N) is 2.